The van der Waals surface area contributed by atoms with Crippen molar-refractivity contribution in [2.45, 2.75) is 63.8 Å². The molecule has 2 amide bonds. The lowest BCUT2D eigenvalue weighted by atomic mass is 9.75. The van der Waals surface area contributed by atoms with Crippen LogP contribution in [0.2, 0.25) is 0 Å². The smallest absolute Gasteiger partial charge is 0.323 e. The molecule has 0 aromatic heterocycles. The molecule has 1 fully saturated rings. The van der Waals surface area contributed by atoms with Crippen molar-refractivity contribution in [1.29, 1.82) is 0 Å². The molecule has 0 spiro atoms. The summed E-state index contributed by atoms with van der Waals surface area (Å²) in [5.41, 5.74) is 1.61. The molecule has 5 rings (SSSR count). The summed E-state index contributed by atoms with van der Waals surface area (Å²) in [6, 6.07) is 20.4. The highest BCUT2D eigenvalue weighted by atomic mass is 16.4. The SMILES string of the molecule is O=C(O)CN1C(=O)[C@@H](NC(=O)C2(C[C@H](CCc3cccc4ccccc34)C(=O)O)CCCC2)CCc2ccccc21. The number of rotatable bonds is 10. The molecule has 1 heterocycles. The number of carboxylic acid groups (broad SMARTS) is 2. The molecule has 3 aromatic carbocycles. The van der Waals surface area contributed by atoms with E-state index >= 15 is 0 Å². The number of para-hydroxylation sites is 1. The molecule has 8 heteroatoms. The average Bonchev–Trinajstić information content (AvgIpc) is 3.41. The van der Waals surface area contributed by atoms with E-state index in [4.69, 9.17) is 0 Å². The maximum absolute atomic E-state index is 13.9. The number of anilines is 1. The van der Waals surface area contributed by atoms with Crippen LogP contribution >= 0.6 is 0 Å². The summed E-state index contributed by atoms with van der Waals surface area (Å²) in [5, 5.41) is 24.8. The second-order valence-corrected chi connectivity index (χ2v) is 11.4. The van der Waals surface area contributed by atoms with E-state index in [9.17, 15) is 29.4 Å². The van der Waals surface area contributed by atoms with E-state index in [0.29, 0.717) is 44.2 Å². The third-order valence-corrected chi connectivity index (χ3v) is 8.82. The predicted molar refractivity (Wildman–Crippen MR) is 156 cm³/mol. The van der Waals surface area contributed by atoms with Crippen LogP contribution in [0, 0.1) is 11.3 Å². The van der Waals surface area contributed by atoms with Crippen LogP contribution in [-0.4, -0.2) is 46.6 Å². The molecular formula is C33H36N2O6. The maximum atomic E-state index is 13.9. The number of hydrogen-bond donors (Lipinski definition) is 3. The summed E-state index contributed by atoms with van der Waals surface area (Å²) in [7, 11) is 0. The number of benzene rings is 3. The summed E-state index contributed by atoms with van der Waals surface area (Å²) >= 11 is 0. The fraction of sp³-hybridized carbons (Fsp3) is 0.394. The Bertz CT molecular complexity index is 1460. The van der Waals surface area contributed by atoms with E-state index in [1.807, 2.05) is 54.6 Å². The van der Waals surface area contributed by atoms with Gasteiger partial charge in [0.15, 0.2) is 0 Å². The van der Waals surface area contributed by atoms with Gasteiger partial charge in [-0.25, -0.2) is 0 Å². The Kier molecular flexibility index (Phi) is 8.38. The van der Waals surface area contributed by atoms with Gasteiger partial charge < -0.3 is 15.5 Å². The number of carbonyl (C=O) groups is 4. The second kappa shape index (κ2) is 12.1. The van der Waals surface area contributed by atoms with Crippen LogP contribution in [0.4, 0.5) is 5.69 Å². The number of nitrogens with one attached hydrogen (secondary N) is 1. The predicted octanol–water partition coefficient (Wildman–Crippen LogP) is 4.97. The van der Waals surface area contributed by atoms with Crippen LogP contribution in [0.25, 0.3) is 10.8 Å². The summed E-state index contributed by atoms with van der Waals surface area (Å²) in [6.45, 7) is -0.497. The zero-order valence-corrected chi connectivity index (χ0v) is 23.1. The zero-order chi connectivity index (χ0) is 29.0. The number of nitrogens with zero attached hydrogens (tertiary/aromatic N) is 1. The number of fused-ring (bicyclic) bond motifs is 2. The molecule has 0 bridgehead atoms. The Morgan fingerprint density at radius 1 is 0.951 bits per heavy atom. The molecule has 41 heavy (non-hydrogen) atoms. The number of amides is 2. The van der Waals surface area contributed by atoms with E-state index < -0.39 is 41.8 Å². The molecular weight excluding hydrogens is 520 g/mol. The fourth-order valence-corrected chi connectivity index (χ4v) is 6.66. The third kappa shape index (κ3) is 6.11. The van der Waals surface area contributed by atoms with Gasteiger partial charge in [0.25, 0.3) is 0 Å². The van der Waals surface area contributed by atoms with Crippen LogP contribution in [0.5, 0.6) is 0 Å². The van der Waals surface area contributed by atoms with Crippen LogP contribution in [0.15, 0.2) is 66.7 Å². The van der Waals surface area contributed by atoms with E-state index in [0.717, 1.165) is 34.7 Å². The first-order valence-corrected chi connectivity index (χ1v) is 14.4. The topological polar surface area (TPSA) is 124 Å². The van der Waals surface area contributed by atoms with E-state index in [2.05, 4.69) is 5.32 Å². The van der Waals surface area contributed by atoms with E-state index in [-0.39, 0.29) is 12.3 Å². The number of aliphatic carboxylic acids is 2. The van der Waals surface area contributed by atoms with Gasteiger partial charge in [-0.1, -0.05) is 73.5 Å². The number of hydrogen-bond acceptors (Lipinski definition) is 4. The van der Waals surface area contributed by atoms with Crippen molar-refractivity contribution in [1.82, 2.24) is 5.32 Å². The minimum atomic E-state index is -1.14. The van der Waals surface area contributed by atoms with Gasteiger partial charge in [-0.2, -0.15) is 0 Å². The minimum absolute atomic E-state index is 0.207. The van der Waals surface area contributed by atoms with Gasteiger partial charge in [0.1, 0.15) is 12.6 Å². The summed E-state index contributed by atoms with van der Waals surface area (Å²) in [6.07, 6.45) is 4.82. The van der Waals surface area contributed by atoms with E-state index in [1.54, 1.807) is 12.1 Å². The van der Waals surface area contributed by atoms with Crippen molar-refractivity contribution in [3.05, 3.63) is 77.9 Å². The Labute approximate surface area is 239 Å². The van der Waals surface area contributed by atoms with Gasteiger partial charge >= 0.3 is 11.9 Å². The maximum Gasteiger partial charge on any atom is 0.323 e. The highest BCUT2D eigenvalue weighted by Gasteiger charge is 2.45. The van der Waals surface area contributed by atoms with Gasteiger partial charge in [0, 0.05) is 5.69 Å². The fourth-order valence-electron chi connectivity index (χ4n) is 6.66. The molecule has 3 aromatic rings. The molecule has 3 N–H and O–H groups in total. The van der Waals surface area contributed by atoms with Crippen molar-refractivity contribution >= 4 is 40.2 Å². The Morgan fingerprint density at radius 2 is 1.66 bits per heavy atom. The minimum Gasteiger partial charge on any atom is -0.481 e. The van der Waals surface area contributed by atoms with E-state index in [1.165, 1.54) is 4.90 Å². The second-order valence-electron chi connectivity index (χ2n) is 11.4. The normalized spacial score (nSPS) is 18.9. The molecule has 0 unspecified atom stereocenters. The molecule has 0 saturated heterocycles. The molecule has 1 saturated carbocycles. The van der Waals surface area contributed by atoms with Gasteiger partial charge in [-0.3, -0.25) is 24.1 Å². The first-order chi connectivity index (χ1) is 19.8. The van der Waals surface area contributed by atoms with Crippen molar-refractivity contribution in [2.24, 2.45) is 11.3 Å². The Hall–Kier alpha value is -4.20. The highest BCUT2D eigenvalue weighted by Crippen LogP contribution is 2.45. The molecule has 1 aliphatic carbocycles. The highest BCUT2D eigenvalue weighted by molar-refractivity contribution is 6.03. The lowest BCUT2D eigenvalue weighted by molar-refractivity contribution is -0.145. The lowest BCUT2D eigenvalue weighted by Gasteiger charge is -2.33. The van der Waals surface area contributed by atoms with Gasteiger partial charge in [0.05, 0.1) is 11.3 Å². The molecule has 8 nitrogen and oxygen atoms in total. The summed E-state index contributed by atoms with van der Waals surface area (Å²) in [4.78, 5) is 52.8. The third-order valence-electron chi connectivity index (χ3n) is 8.82. The van der Waals surface area contributed by atoms with Gasteiger partial charge in [0.2, 0.25) is 11.8 Å². The molecule has 214 valence electrons. The van der Waals surface area contributed by atoms with Gasteiger partial charge in [-0.15, -0.1) is 0 Å². The van der Waals surface area contributed by atoms with Gasteiger partial charge in [-0.05, 0) is 72.9 Å². The lowest BCUT2D eigenvalue weighted by Crippen LogP contribution is -2.53. The number of carboxylic acids is 2. The average molecular weight is 557 g/mol. The summed E-state index contributed by atoms with van der Waals surface area (Å²) < 4.78 is 0. The number of carbonyl (C=O) groups excluding carboxylic acids is 2. The van der Waals surface area contributed by atoms with Crippen molar-refractivity contribution in [2.75, 3.05) is 11.4 Å². The first kappa shape index (κ1) is 28.3. The van der Waals surface area contributed by atoms with Crippen molar-refractivity contribution < 1.29 is 29.4 Å². The molecule has 2 atom stereocenters. The van der Waals surface area contributed by atoms with Crippen LogP contribution < -0.4 is 10.2 Å². The first-order valence-electron chi connectivity index (χ1n) is 14.4. The van der Waals surface area contributed by atoms with Crippen LogP contribution in [0.1, 0.15) is 56.1 Å². The zero-order valence-electron chi connectivity index (χ0n) is 23.1. The number of aryl methyl sites for hydroxylation is 2. The quantitative estimate of drug-likeness (QED) is 0.324. The largest absolute Gasteiger partial charge is 0.481 e. The van der Waals surface area contributed by atoms with Crippen LogP contribution in [0.3, 0.4) is 0 Å². The molecule has 1 aliphatic heterocycles. The van der Waals surface area contributed by atoms with Crippen molar-refractivity contribution in [3.63, 3.8) is 0 Å². The Balaban J connectivity index is 1.33. The van der Waals surface area contributed by atoms with Crippen molar-refractivity contribution in [3.8, 4) is 0 Å². The standard InChI is InChI=1S/C33H36N2O6/c36-29(37)21-35-28-13-4-2-9-24(28)16-17-27(30(35)38)34-32(41)33(18-5-6-19-33)20-25(31(39)40)15-14-23-11-7-10-22-8-1-3-12-26(22)23/h1-4,7-13,25,27H,5-6,14-21H2,(H,34,41)(H,36,37)(H,39,40)/t25-,27-/m0/s1. The Morgan fingerprint density at radius 3 is 2.41 bits per heavy atom. The molecule has 0 radical (unpaired) electrons. The van der Waals surface area contributed by atoms with Crippen LogP contribution in [-0.2, 0) is 32.0 Å². The monoisotopic (exact) mass is 556 g/mol. The summed E-state index contributed by atoms with van der Waals surface area (Å²) in [5.74, 6) is -3.52. The molecule has 2 aliphatic rings.